The highest BCUT2D eigenvalue weighted by Gasteiger charge is 2.12. The zero-order valence-electron chi connectivity index (χ0n) is 8.12. The van der Waals surface area contributed by atoms with Gasteiger partial charge in [0.05, 0.1) is 11.6 Å². The Kier molecular flexibility index (Phi) is 3.55. The third-order valence-corrected chi connectivity index (χ3v) is 2.06. The van der Waals surface area contributed by atoms with Gasteiger partial charge in [0.15, 0.2) is 0 Å². The third kappa shape index (κ3) is 2.49. The van der Waals surface area contributed by atoms with Gasteiger partial charge in [-0.25, -0.2) is 0 Å². The van der Waals surface area contributed by atoms with Crippen LogP contribution in [-0.4, -0.2) is 28.2 Å². The summed E-state index contributed by atoms with van der Waals surface area (Å²) < 4.78 is 1.64. The lowest BCUT2D eigenvalue weighted by Crippen LogP contribution is -2.35. The molecule has 1 amide bonds. The maximum absolute atomic E-state index is 11.5. The van der Waals surface area contributed by atoms with E-state index in [9.17, 15) is 4.79 Å². The second-order valence-electron chi connectivity index (χ2n) is 3.21. The molecule has 1 heterocycles. The minimum Gasteiger partial charge on any atom is -0.394 e. The van der Waals surface area contributed by atoms with E-state index in [0.29, 0.717) is 10.7 Å². The van der Waals surface area contributed by atoms with Gasteiger partial charge in [0.2, 0.25) is 0 Å². The first kappa shape index (κ1) is 11.1. The minimum atomic E-state index is -0.254. The Balaban J connectivity index is 2.74. The van der Waals surface area contributed by atoms with E-state index in [2.05, 4.69) is 5.32 Å². The van der Waals surface area contributed by atoms with E-state index in [1.54, 1.807) is 30.8 Å². The number of rotatable bonds is 3. The van der Waals surface area contributed by atoms with Crippen LogP contribution in [0.15, 0.2) is 12.3 Å². The van der Waals surface area contributed by atoms with Crippen molar-refractivity contribution in [2.24, 2.45) is 7.05 Å². The molecule has 14 heavy (non-hydrogen) atoms. The summed E-state index contributed by atoms with van der Waals surface area (Å²) in [6.07, 6.45) is 1.65. The number of aryl methyl sites for hydroxylation is 1. The van der Waals surface area contributed by atoms with Gasteiger partial charge in [-0.05, 0) is 13.0 Å². The van der Waals surface area contributed by atoms with Crippen molar-refractivity contribution in [2.45, 2.75) is 13.0 Å². The van der Waals surface area contributed by atoms with E-state index < -0.39 is 0 Å². The molecule has 78 valence electrons. The fourth-order valence-electron chi connectivity index (χ4n) is 1.09. The van der Waals surface area contributed by atoms with Crippen LogP contribution < -0.4 is 5.32 Å². The Morgan fingerprint density at radius 1 is 1.79 bits per heavy atom. The van der Waals surface area contributed by atoms with Crippen molar-refractivity contribution < 1.29 is 9.90 Å². The number of aromatic nitrogens is 1. The highest BCUT2D eigenvalue weighted by molar-refractivity contribution is 6.31. The molecule has 1 rings (SSSR count). The molecule has 0 aliphatic heterocycles. The number of carbonyl (C=O) groups excluding carboxylic acids is 1. The van der Waals surface area contributed by atoms with Crippen LogP contribution in [0.4, 0.5) is 0 Å². The van der Waals surface area contributed by atoms with Crippen molar-refractivity contribution in [1.29, 1.82) is 0 Å². The number of carbonyl (C=O) groups is 1. The summed E-state index contributed by atoms with van der Waals surface area (Å²) in [5, 5.41) is 11.9. The monoisotopic (exact) mass is 216 g/mol. The molecule has 0 bridgehead atoms. The van der Waals surface area contributed by atoms with Crippen LogP contribution in [-0.2, 0) is 7.05 Å². The Morgan fingerprint density at radius 2 is 2.43 bits per heavy atom. The normalized spacial score (nSPS) is 12.6. The van der Waals surface area contributed by atoms with Gasteiger partial charge < -0.3 is 15.0 Å². The van der Waals surface area contributed by atoms with Crippen LogP contribution in [0.1, 0.15) is 17.4 Å². The quantitative estimate of drug-likeness (QED) is 0.785. The van der Waals surface area contributed by atoms with E-state index in [4.69, 9.17) is 16.7 Å². The lowest BCUT2D eigenvalue weighted by atomic mass is 10.3. The molecule has 0 fully saturated rings. The van der Waals surface area contributed by atoms with Crippen molar-refractivity contribution in [1.82, 2.24) is 9.88 Å². The molecule has 0 aliphatic rings. The highest BCUT2D eigenvalue weighted by atomic mass is 35.5. The van der Waals surface area contributed by atoms with Gasteiger partial charge in [0.25, 0.3) is 5.91 Å². The summed E-state index contributed by atoms with van der Waals surface area (Å²) in [4.78, 5) is 11.5. The number of halogens is 1. The molecule has 0 aromatic carbocycles. The Hall–Kier alpha value is -1.00. The summed E-state index contributed by atoms with van der Waals surface area (Å²) in [5.41, 5.74) is 0.482. The first-order valence-electron chi connectivity index (χ1n) is 4.28. The molecule has 5 heteroatoms. The second-order valence-corrected chi connectivity index (χ2v) is 3.65. The molecule has 1 unspecified atom stereocenters. The number of aliphatic hydroxyl groups excluding tert-OH is 1. The van der Waals surface area contributed by atoms with Crippen LogP contribution in [0.25, 0.3) is 0 Å². The van der Waals surface area contributed by atoms with Gasteiger partial charge in [-0.2, -0.15) is 0 Å². The summed E-state index contributed by atoms with van der Waals surface area (Å²) >= 11 is 5.73. The summed E-state index contributed by atoms with van der Waals surface area (Å²) in [5.74, 6) is -0.235. The largest absolute Gasteiger partial charge is 0.394 e. The van der Waals surface area contributed by atoms with Gasteiger partial charge in [0.1, 0.15) is 5.69 Å². The van der Waals surface area contributed by atoms with Gasteiger partial charge in [-0.1, -0.05) is 11.6 Å². The number of nitrogens with one attached hydrogen (secondary N) is 1. The highest BCUT2D eigenvalue weighted by Crippen LogP contribution is 2.12. The van der Waals surface area contributed by atoms with Crippen LogP contribution >= 0.6 is 11.6 Å². The molecule has 4 nitrogen and oxygen atoms in total. The van der Waals surface area contributed by atoms with Gasteiger partial charge in [0, 0.05) is 19.3 Å². The average molecular weight is 217 g/mol. The Labute approximate surface area is 87.5 Å². The topological polar surface area (TPSA) is 54.3 Å². The van der Waals surface area contributed by atoms with Crippen molar-refractivity contribution >= 4 is 17.5 Å². The van der Waals surface area contributed by atoms with E-state index in [1.165, 1.54) is 0 Å². The SMILES string of the molecule is CC(CO)NC(=O)c1cc(Cl)cn1C. The van der Waals surface area contributed by atoms with Crippen molar-refractivity contribution in [2.75, 3.05) is 6.61 Å². The fraction of sp³-hybridized carbons (Fsp3) is 0.444. The predicted octanol–water partition coefficient (Wildman–Crippen LogP) is 0.789. The van der Waals surface area contributed by atoms with Crippen LogP contribution in [0.2, 0.25) is 5.02 Å². The molecule has 0 saturated carbocycles. The molecule has 1 atom stereocenters. The fourth-order valence-corrected chi connectivity index (χ4v) is 1.34. The van der Waals surface area contributed by atoms with Crippen molar-refractivity contribution in [3.8, 4) is 0 Å². The lowest BCUT2D eigenvalue weighted by molar-refractivity contribution is 0.0914. The number of hydrogen-bond donors (Lipinski definition) is 2. The van der Waals surface area contributed by atoms with E-state index in [0.717, 1.165) is 0 Å². The maximum atomic E-state index is 11.5. The summed E-state index contributed by atoms with van der Waals surface area (Å²) in [6.45, 7) is 1.65. The molecule has 0 saturated heterocycles. The average Bonchev–Trinajstić information content (AvgIpc) is 2.45. The maximum Gasteiger partial charge on any atom is 0.268 e. The van der Waals surface area contributed by atoms with Crippen LogP contribution in [0.5, 0.6) is 0 Å². The van der Waals surface area contributed by atoms with E-state index in [-0.39, 0.29) is 18.6 Å². The molecule has 0 spiro atoms. The second kappa shape index (κ2) is 4.48. The smallest absolute Gasteiger partial charge is 0.268 e. The predicted molar refractivity (Wildman–Crippen MR) is 54.4 cm³/mol. The lowest BCUT2D eigenvalue weighted by Gasteiger charge is -2.10. The van der Waals surface area contributed by atoms with Crippen LogP contribution in [0, 0.1) is 0 Å². The van der Waals surface area contributed by atoms with Gasteiger partial charge in [-0.15, -0.1) is 0 Å². The number of nitrogens with zero attached hydrogens (tertiary/aromatic N) is 1. The first-order chi connectivity index (χ1) is 6.54. The molecule has 1 aromatic rings. The summed E-state index contributed by atoms with van der Waals surface area (Å²) in [7, 11) is 1.74. The zero-order chi connectivity index (χ0) is 10.7. The molecular formula is C9H13ClN2O2. The summed E-state index contributed by atoms with van der Waals surface area (Å²) in [6, 6.07) is 1.33. The molecule has 0 radical (unpaired) electrons. The molecule has 2 N–H and O–H groups in total. The van der Waals surface area contributed by atoms with Crippen molar-refractivity contribution in [3.05, 3.63) is 23.0 Å². The standard InChI is InChI=1S/C9H13ClN2O2/c1-6(5-13)11-9(14)8-3-7(10)4-12(8)2/h3-4,6,13H,5H2,1-2H3,(H,11,14). The number of hydrogen-bond acceptors (Lipinski definition) is 2. The third-order valence-electron chi connectivity index (χ3n) is 1.86. The molecule has 1 aromatic heterocycles. The van der Waals surface area contributed by atoms with Crippen LogP contribution in [0.3, 0.4) is 0 Å². The first-order valence-corrected chi connectivity index (χ1v) is 4.66. The number of aliphatic hydroxyl groups is 1. The minimum absolute atomic E-state index is 0.0795. The number of amides is 1. The Bertz CT molecular complexity index is 336. The zero-order valence-corrected chi connectivity index (χ0v) is 8.88. The van der Waals surface area contributed by atoms with Gasteiger partial charge in [-0.3, -0.25) is 4.79 Å². The Morgan fingerprint density at radius 3 is 2.86 bits per heavy atom. The van der Waals surface area contributed by atoms with E-state index >= 15 is 0 Å². The van der Waals surface area contributed by atoms with Gasteiger partial charge >= 0.3 is 0 Å². The van der Waals surface area contributed by atoms with E-state index in [1.807, 2.05) is 0 Å². The molecule has 0 aliphatic carbocycles. The molecular weight excluding hydrogens is 204 g/mol. The van der Waals surface area contributed by atoms with Crippen molar-refractivity contribution in [3.63, 3.8) is 0 Å².